The standard InChI is InChI=1S/C26H34ClN3O3/c1-3-5-23-21(11-13-27)22-12-15-30(26(31)32-2)25(24(22)29-23)19-7-9-20(10-8-19)33-17-18-6-4-14-28-16-18/h5,7-11,18,25,28-29H,3-4,6,12-17H2,1-2H3/b21-11-,23-5+. The van der Waals surface area contributed by atoms with E-state index in [1.807, 2.05) is 12.1 Å². The van der Waals surface area contributed by atoms with E-state index in [4.69, 9.17) is 21.1 Å². The third-order valence-corrected chi connectivity index (χ3v) is 6.73. The number of carbonyl (C=O) groups excluding carboxylic acids is 1. The van der Waals surface area contributed by atoms with E-state index >= 15 is 0 Å². The highest BCUT2D eigenvalue weighted by atomic mass is 35.5. The summed E-state index contributed by atoms with van der Waals surface area (Å²) < 4.78 is 11.2. The van der Waals surface area contributed by atoms with E-state index < -0.39 is 0 Å². The van der Waals surface area contributed by atoms with Crippen LogP contribution in [0.5, 0.6) is 5.75 Å². The molecular formula is C26H34ClN3O3. The number of benzene rings is 1. The number of H-pyrrole nitrogens is 1. The number of hydrogen-bond acceptors (Lipinski definition) is 4. The van der Waals surface area contributed by atoms with Gasteiger partial charge in [0.05, 0.1) is 13.7 Å². The first kappa shape index (κ1) is 23.7. The Kier molecular flexibility index (Phi) is 7.99. The van der Waals surface area contributed by atoms with Crippen LogP contribution in [0.25, 0.3) is 12.2 Å². The maximum atomic E-state index is 12.7. The van der Waals surface area contributed by atoms with Crippen molar-refractivity contribution in [2.45, 2.75) is 38.6 Å². The second-order valence-corrected chi connectivity index (χ2v) is 9.03. The Morgan fingerprint density at radius 1 is 1.27 bits per heavy atom. The van der Waals surface area contributed by atoms with Gasteiger partial charge in [0.25, 0.3) is 0 Å². The molecule has 2 unspecified atom stereocenters. The summed E-state index contributed by atoms with van der Waals surface area (Å²) in [6, 6.07) is 7.86. The molecule has 178 valence electrons. The Labute approximate surface area is 200 Å². The van der Waals surface area contributed by atoms with E-state index in [9.17, 15) is 4.79 Å². The van der Waals surface area contributed by atoms with E-state index in [1.165, 1.54) is 25.5 Å². The van der Waals surface area contributed by atoms with Gasteiger partial charge >= 0.3 is 6.09 Å². The fourth-order valence-corrected chi connectivity index (χ4v) is 5.13. The summed E-state index contributed by atoms with van der Waals surface area (Å²) in [7, 11) is 1.43. The largest absolute Gasteiger partial charge is 0.493 e. The zero-order valence-electron chi connectivity index (χ0n) is 19.5. The van der Waals surface area contributed by atoms with Crippen LogP contribution in [0.1, 0.15) is 49.0 Å². The molecule has 3 heterocycles. The first-order valence-corrected chi connectivity index (χ1v) is 12.4. The maximum absolute atomic E-state index is 12.7. The molecule has 2 atom stereocenters. The molecule has 0 bridgehead atoms. The second kappa shape index (κ2) is 11.1. The number of piperidine rings is 1. The lowest BCUT2D eigenvalue weighted by molar-refractivity contribution is 0.108. The fourth-order valence-electron chi connectivity index (χ4n) is 4.98. The fraction of sp³-hybridized carbons (Fsp3) is 0.500. The van der Waals surface area contributed by atoms with Crippen LogP contribution in [0.3, 0.4) is 0 Å². The van der Waals surface area contributed by atoms with Gasteiger partial charge in [-0.25, -0.2) is 4.79 Å². The number of amides is 1. The number of hydrogen-bond donors (Lipinski definition) is 2. The summed E-state index contributed by atoms with van der Waals surface area (Å²) in [6.07, 6.45) is 7.99. The van der Waals surface area contributed by atoms with Crippen LogP contribution in [-0.2, 0) is 11.2 Å². The van der Waals surface area contributed by atoms with Crippen molar-refractivity contribution in [2.75, 3.05) is 39.2 Å². The monoisotopic (exact) mass is 471 g/mol. The number of nitrogens with one attached hydrogen (secondary N) is 2. The highest BCUT2D eigenvalue weighted by Crippen LogP contribution is 2.34. The van der Waals surface area contributed by atoms with Crippen LogP contribution in [-0.4, -0.2) is 55.2 Å². The predicted octanol–water partition coefficient (Wildman–Crippen LogP) is 3.32. The summed E-state index contributed by atoms with van der Waals surface area (Å²) >= 11 is 6.08. The van der Waals surface area contributed by atoms with Gasteiger partial charge in [-0.05, 0) is 60.7 Å². The number of rotatable bonds is 6. The molecule has 2 aromatic rings. The Morgan fingerprint density at radius 2 is 2.09 bits per heavy atom. The third-order valence-electron chi connectivity index (χ3n) is 6.58. The molecule has 0 radical (unpaired) electrons. The van der Waals surface area contributed by atoms with Crippen molar-refractivity contribution in [1.82, 2.24) is 15.2 Å². The SMILES string of the molecule is CC/C=c1/[nH]c2c(/c1=C/CCl)CCN(C(=O)OC)C2c1ccc(OCC2CCCNC2)cc1. The van der Waals surface area contributed by atoms with Crippen molar-refractivity contribution in [3.63, 3.8) is 0 Å². The average Bonchev–Trinajstić information content (AvgIpc) is 3.20. The molecule has 4 rings (SSSR count). The van der Waals surface area contributed by atoms with Gasteiger partial charge in [-0.1, -0.05) is 31.2 Å². The van der Waals surface area contributed by atoms with Gasteiger partial charge in [-0.15, -0.1) is 11.6 Å². The number of halogens is 1. The molecule has 0 spiro atoms. The molecule has 0 aliphatic carbocycles. The van der Waals surface area contributed by atoms with Crippen molar-refractivity contribution in [3.05, 3.63) is 51.7 Å². The van der Waals surface area contributed by atoms with Crippen molar-refractivity contribution in [2.24, 2.45) is 5.92 Å². The molecule has 1 aromatic carbocycles. The molecule has 2 aliphatic rings. The van der Waals surface area contributed by atoms with E-state index in [0.29, 0.717) is 18.3 Å². The smallest absolute Gasteiger partial charge is 0.410 e. The zero-order valence-corrected chi connectivity index (χ0v) is 20.3. The number of fused-ring (bicyclic) bond motifs is 1. The van der Waals surface area contributed by atoms with Crippen molar-refractivity contribution >= 4 is 29.8 Å². The maximum Gasteiger partial charge on any atom is 0.410 e. The van der Waals surface area contributed by atoms with Crippen LogP contribution in [0.15, 0.2) is 24.3 Å². The Hall–Kier alpha value is -2.44. The number of alkyl halides is 1. The van der Waals surface area contributed by atoms with Gasteiger partial charge in [0.2, 0.25) is 0 Å². The number of nitrogens with zero attached hydrogens (tertiary/aromatic N) is 1. The van der Waals surface area contributed by atoms with Gasteiger partial charge in [0, 0.05) is 35.9 Å². The lowest BCUT2D eigenvalue weighted by Crippen LogP contribution is -2.41. The molecular weight excluding hydrogens is 438 g/mol. The first-order valence-electron chi connectivity index (χ1n) is 11.9. The molecule has 0 saturated carbocycles. The Morgan fingerprint density at radius 3 is 2.76 bits per heavy atom. The molecule has 1 aromatic heterocycles. The van der Waals surface area contributed by atoms with E-state index in [2.05, 4.69) is 41.5 Å². The Bertz CT molecular complexity index is 1060. The molecule has 7 heteroatoms. The molecule has 1 amide bonds. The first-order chi connectivity index (χ1) is 16.2. The number of methoxy groups -OCH3 is 1. The van der Waals surface area contributed by atoms with Crippen LogP contribution in [0.2, 0.25) is 0 Å². The topological polar surface area (TPSA) is 66.6 Å². The average molecular weight is 472 g/mol. The minimum Gasteiger partial charge on any atom is -0.493 e. The van der Waals surface area contributed by atoms with Crippen LogP contribution in [0, 0.1) is 5.92 Å². The summed E-state index contributed by atoms with van der Waals surface area (Å²) in [5.74, 6) is 1.86. The van der Waals surface area contributed by atoms with Gasteiger partial charge in [-0.3, -0.25) is 4.90 Å². The number of carbonyl (C=O) groups is 1. The summed E-state index contributed by atoms with van der Waals surface area (Å²) in [4.78, 5) is 18.1. The second-order valence-electron chi connectivity index (χ2n) is 8.72. The molecule has 6 nitrogen and oxygen atoms in total. The van der Waals surface area contributed by atoms with Crippen molar-refractivity contribution in [3.8, 4) is 5.75 Å². The summed E-state index contributed by atoms with van der Waals surface area (Å²) in [5, 5.41) is 5.65. The lowest BCUT2D eigenvalue weighted by Gasteiger charge is -2.35. The minimum atomic E-state index is -0.325. The predicted molar refractivity (Wildman–Crippen MR) is 132 cm³/mol. The van der Waals surface area contributed by atoms with E-state index in [-0.39, 0.29) is 12.1 Å². The van der Waals surface area contributed by atoms with Crippen molar-refractivity contribution in [1.29, 1.82) is 0 Å². The van der Waals surface area contributed by atoms with Gasteiger partial charge in [0.1, 0.15) is 11.8 Å². The minimum absolute atomic E-state index is 0.251. The number of aromatic amines is 1. The highest BCUT2D eigenvalue weighted by molar-refractivity contribution is 6.20. The van der Waals surface area contributed by atoms with Crippen LogP contribution >= 0.6 is 11.6 Å². The molecule has 1 fully saturated rings. The lowest BCUT2D eigenvalue weighted by atomic mass is 9.93. The van der Waals surface area contributed by atoms with Gasteiger partial charge in [0.15, 0.2) is 0 Å². The zero-order chi connectivity index (χ0) is 23.2. The molecule has 1 saturated heterocycles. The summed E-state index contributed by atoms with van der Waals surface area (Å²) in [6.45, 7) is 5.54. The van der Waals surface area contributed by atoms with Gasteiger partial charge in [-0.2, -0.15) is 0 Å². The molecule has 2 N–H and O–H groups in total. The summed E-state index contributed by atoms with van der Waals surface area (Å²) in [5.41, 5.74) is 3.28. The number of ether oxygens (including phenoxy) is 2. The number of aromatic nitrogens is 1. The van der Waals surface area contributed by atoms with E-state index in [1.54, 1.807) is 4.90 Å². The van der Waals surface area contributed by atoms with Crippen LogP contribution in [0.4, 0.5) is 4.79 Å². The van der Waals surface area contributed by atoms with E-state index in [0.717, 1.165) is 60.1 Å². The van der Waals surface area contributed by atoms with Crippen molar-refractivity contribution < 1.29 is 14.3 Å². The molecule has 2 aliphatic heterocycles. The quantitative estimate of drug-likeness (QED) is 0.634. The molecule has 33 heavy (non-hydrogen) atoms. The third kappa shape index (κ3) is 5.22. The highest BCUT2D eigenvalue weighted by Gasteiger charge is 2.34. The van der Waals surface area contributed by atoms with Gasteiger partial charge < -0.3 is 19.8 Å². The Balaban J connectivity index is 1.65. The van der Waals surface area contributed by atoms with Crippen LogP contribution < -0.4 is 20.6 Å². The normalized spacial score (nSPS) is 21.7.